The van der Waals surface area contributed by atoms with E-state index in [1.165, 1.54) is 11.1 Å². The first-order valence-corrected chi connectivity index (χ1v) is 11.8. The van der Waals surface area contributed by atoms with Crippen LogP contribution in [0.2, 0.25) is 0 Å². The molecule has 0 fully saturated rings. The van der Waals surface area contributed by atoms with Crippen LogP contribution in [0.1, 0.15) is 17.5 Å². The Labute approximate surface area is 186 Å². The molecule has 5 heteroatoms. The third-order valence-electron chi connectivity index (χ3n) is 5.82. The summed E-state index contributed by atoms with van der Waals surface area (Å²) in [6.45, 7) is 1.63. The highest BCUT2D eigenvalue weighted by atomic mass is 32.2. The lowest BCUT2D eigenvalue weighted by molar-refractivity contribution is -0.116. The summed E-state index contributed by atoms with van der Waals surface area (Å²) < 4.78 is 2.25. The molecule has 4 nitrogen and oxygen atoms in total. The zero-order valence-electron chi connectivity index (χ0n) is 17.4. The fourth-order valence-electron chi connectivity index (χ4n) is 4.26. The van der Waals surface area contributed by atoms with Crippen LogP contribution in [0, 0.1) is 0 Å². The summed E-state index contributed by atoms with van der Waals surface area (Å²) >= 11 is 1.54. The molecule has 0 radical (unpaired) electrons. The summed E-state index contributed by atoms with van der Waals surface area (Å²) in [4.78, 5) is 19.9. The number of carbonyl (C=O) groups is 1. The molecular weight excluding hydrogens is 402 g/mol. The summed E-state index contributed by atoms with van der Waals surface area (Å²) in [6.07, 6.45) is 2.99. The van der Waals surface area contributed by atoms with Crippen molar-refractivity contribution in [2.75, 3.05) is 17.2 Å². The third-order valence-corrected chi connectivity index (χ3v) is 6.78. The Balaban J connectivity index is 1.35. The van der Waals surface area contributed by atoms with Crippen LogP contribution >= 0.6 is 11.8 Å². The fraction of sp³-hybridized carbons (Fsp3) is 0.231. The molecule has 0 spiro atoms. The number of amides is 1. The van der Waals surface area contributed by atoms with Crippen molar-refractivity contribution in [3.63, 3.8) is 0 Å². The van der Waals surface area contributed by atoms with Crippen molar-refractivity contribution in [1.29, 1.82) is 0 Å². The molecule has 4 aromatic rings. The average Bonchev–Trinajstić information content (AvgIpc) is 3.19. The molecule has 3 aromatic carbocycles. The summed E-state index contributed by atoms with van der Waals surface area (Å²) in [5, 5.41) is 0.913. The SMILES string of the molecule is O=C(CSc1nc2ccccc2n1CCc1ccccc1)N1CCCc2ccccc21. The number of thioether (sulfide) groups is 1. The minimum absolute atomic E-state index is 0.152. The third kappa shape index (κ3) is 4.23. The lowest BCUT2D eigenvalue weighted by Gasteiger charge is -2.29. The first-order chi connectivity index (χ1) is 15.3. The number of para-hydroxylation sites is 3. The van der Waals surface area contributed by atoms with Crippen LogP contribution in [0.15, 0.2) is 84.0 Å². The highest BCUT2D eigenvalue weighted by Crippen LogP contribution is 2.29. The molecule has 0 N–H and O–H groups in total. The number of hydrogen-bond donors (Lipinski definition) is 0. The lowest BCUT2D eigenvalue weighted by atomic mass is 10.0. The predicted molar refractivity (Wildman–Crippen MR) is 128 cm³/mol. The topological polar surface area (TPSA) is 38.1 Å². The van der Waals surface area contributed by atoms with Gasteiger partial charge in [-0.05, 0) is 48.6 Å². The van der Waals surface area contributed by atoms with Gasteiger partial charge in [0, 0.05) is 18.8 Å². The van der Waals surface area contributed by atoms with Gasteiger partial charge in [0.1, 0.15) is 0 Å². The number of aryl methyl sites for hydroxylation is 3. The molecule has 0 atom stereocenters. The molecule has 156 valence electrons. The van der Waals surface area contributed by atoms with Crippen molar-refractivity contribution in [2.24, 2.45) is 0 Å². The number of imidazole rings is 1. The maximum Gasteiger partial charge on any atom is 0.237 e. The minimum atomic E-state index is 0.152. The number of nitrogens with zero attached hydrogens (tertiary/aromatic N) is 3. The number of aromatic nitrogens is 2. The molecule has 1 aromatic heterocycles. The van der Waals surface area contributed by atoms with E-state index in [9.17, 15) is 4.79 Å². The molecule has 1 aliphatic rings. The van der Waals surface area contributed by atoms with Crippen LogP contribution < -0.4 is 4.90 Å². The maximum absolute atomic E-state index is 13.1. The zero-order chi connectivity index (χ0) is 21.0. The number of anilines is 1. The van der Waals surface area contributed by atoms with Gasteiger partial charge in [0.2, 0.25) is 5.91 Å². The van der Waals surface area contributed by atoms with Crippen LogP contribution in [0.3, 0.4) is 0 Å². The molecule has 0 unspecified atom stereocenters. The van der Waals surface area contributed by atoms with Gasteiger partial charge in [0.05, 0.1) is 16.8 Å². The highest BCUT2D eigenvalue weighted by Gasteiger charge is 2.23. The molecule has 0 saturated heterocycles. The van der Waals surface area contributed by atoms with Crippen molar-refractivity contribution >= 4 is 34.4 Å². The predicted octanol–water partition coefficient (Wildman–Crippen LogP) is 5.35. The van der Waals surface area contributed by atoms with Gasteiger partial charge in [-0.15, -0.1) is 0 Å². The Morgan fingerprint density at radius 2 is 1.71 bits per heavy atom. The van der Waals surface area contributed by atoms with Crippen LogP contribution in [-0.4, -0.2) is 27.8 Å². The van der Waals surface area contributed by atoms with E-state index < -0.39 is 0 Å². The van der Waals surface area contributed by atoms with Crippen LogP contribution in [0.4, 0.5) is 5.69 Å². The lowest BCUT2D eigenvalue weighted by Crippen LogP contribution is -2.36. The summed E-state index contributed by atoms with van der Waals surface area (Å²) in [5.41, 5.74) is 5.74. The zero-order valence-corrected chi connectivity index (χ0v) is 18.2. The van der Waals surface area contributed by atoms with Crippen molar-refractivity contribution in [3.05, 3.63) is 90.0 Å². The number of rotatable bonds is 6. The van der Waals surface area contributed by atoms with Crippen LogP contribution in [-0.2, 0) is 24.2 Å². The second kappa shape index (κ2) is 8.98. The van der Waals surface area contributed by atoms with E-state index in [1.807, 2.05) is 35.2 Å². The fourth-order valence-corrected chi connectivity index (χ4v) is 5.18. The summed E-state index contributed by atoms with van der Waals surface area (Å²) in [7, 11) is 0. The van der Waals surface area contributed by atoms with Crippen molar-refractivity contribution < 1.29 is 4.79 Å². The normalized spacial score (nSPS) is 13.4. The quantitative estimate of drug-likeness (QED) is 0.389. The molecule has 1 amide bonds. The number of fused-ring (bicyclic) bond motifs is 2. The molecule has 0 saturated carbocycles. The Kier molecular flexibility index (Phi) is 5.76. The monoisotopic (exact) mass is 427 g/mol. The Morgan fingerprint density at radius 3 is 2.61 bits per heavy atom. The Hall–Kier alpha value is -3.05. The van der Waals surface area contributed by atoms with E-state index in [1.54, 1.807) is 11.8 Å². The molecule has 31 heavy (non-hydrogen) atoms. The summed E-state index contributed by atoms with van der Waals surface area (Å²) in [5.74, 6) is 0.544. The first kappa shape index (κ1) is 19.9. The van der Waals surface area contributed by atoms with Gasteiger partial charge >= 0.3 is 0 Å². The van der Waals surface area contributed by atoms with Gasteiger partial charge in [0.25, 0.3) is 0 Å². The minimum Gasteiger partial charge on any atom is -0.319 e. The standard InChI is InChI=1S/C26H25N3OS/c30-25(28-17-8-12-21-11-4-6-14-23(21)28)19-31-26-27-22-13-5-7-15-24(22)29(26)18-16-20-9-2-1-3-10-20/h1-7,9-11,13-15H,8,12,16-19H2. The van der Waals surface area contributed by atoms with E-state index in [-0.39, 0.29) is 5.91 Å². The van der Waals surface area contributed by atoms with Crippen LogP contribution in [0.25, 0.3) is 11.0 Å². The van der Waals surface area contributed by atoms with Gasteiger partial charge in [0.15, 0.2) is 5.16 Å². The smallest absolute Gasteiger partial charge is 0.237 e. The molecule has 5 rings (SSSR count). The number of carbonyl (C=O) groups excluding carboxylic acids is 1. The largest absolute Gasteiger partial charge is 0.319 e. The van der Waals surface area contributed by atoms with Gasteiger partial charge in [-0.2, -0.15) is 0 Å². The highest BCUT2D eigenvalue weighted by molar-refractivity contribution is 7.99. The first-order valence-electron chi connectivity index (χ1n) is 10.8. The van der Waals surface area contributed by atoms with Gasteiger partial charge < -0.3 is 9.47 Å². The van der Waals surface area contributed by atoms with Gasteiger partial charge in [-0.1, -0.05) is 72.4 Å². The molecule has 0 bridgehead atoms. The second-order valence-corrected chi connectivity index (χ2v) is 8.78. The van der Waals surface area contributed by atoms with Gasteiger partial charge in [-0.3, -0.25) is 4.79 Å². The van der Waals surface area contributed by atoms with Crippen molar-refractivity contribution in [2.45, 2.75) is 31.0 Å². The second-order valence-electron chi connectivity index (χ2n) is 7.84. The average molecular weight is 428 g/mol. The molecule has 0 aliphatic carbocycles. The van der Waals surface area contributed by atoms with E-state index >= 15 is 0 Å². The van der Waals surface area contributed by atoms with E-state index in [4.69, 9.17) is 4.98 Å². The van der Waals surface area contributed by atoms with Gasteiger partial charge in [-0.25, -0.2) is 4.98 Å². The van der Waals surface area contributed by atoms with E-state index in [0.717, 1.165) is 54.2 Å². The van der Waals surface area contributed by atoms with Crippen LogP contribution in [0.5, 0.6) is 0 Å². The Morgan fingerprint density at radius 1 is 0.935 bits per heavy atom. The Bertz CT molecular complexity index is 1200. The summed E-state index contributed by atoms with van der Waals surface area (Å²) in [6, 6.07) is 27.0. The number of hydrogen-bond acceptors (Lipinski definition) is 3. The molecular formula is C26H25N3OS. The van der Waals surface area contributed by atoms with Crippen molar-refractivity contribution in [3.8, 4) is 0 Å². The maximum atomic E-state index is 13.1. The van der Waals surface area contributed by atoms with E-state index in [0.29, 0.717) is 5.75 Å². The molecule has 1 aliphatic heterocycles. The van der Waals surface area contributed by atoms with Crippen molar-refractivity contribution in [1.82, 2.24) is 9.55 Å². The van der Waals surface area contributed by atoms with E-state index in [2.05, 4.69) is 53.1 Å². The molecule has 2 heterocycles. The number of benzene rings is 3.